The van der Waals surface area contributed by atoms with Gasteiger partial charge in [0.25, 0.3) is 0 Å². The number of hydrogen-bond acceptors (Lipinski definition) is 4. The maximum atomic E-state index is 12.1. The highest BCUT2D eigenvalue weighted by Gasteiger charge is 2.29. The Morgan fingerprint density at radius 3 is 2.65 bits per heavy atom. The Morgan fingerprint density at radius 2 is 2.05 bits per heavy atom. The van der Waals surface area contributed by atoms with Crippen molar-refractivity contribution >= 4 is 28.3 Å². The van der Waals surface area contributed by atoms with Crippen LogP contribution in [0, 0.1) is 0 Å². The number of likely N-dealkylation sites (N-methyl/N-ethyl adjacent to an activating group) is 1. The molecule has 8 heteroatoms. The van der Waals surface area contributed by atoms with Crippen molar-refractivity contribution in [3.8, 4) is 0 Å². The maximum absolute atomic E-state index is 12.1. The molecule has 1 amide bonds. The minimum atomic E-state index is -3.08. The van der Waals surface area contributed by atoms with Crippen LogP contribution in [0.1, 0.15) is 25.7 Å². The number of likely N-dealkylation sites (tertiary alicyclic amines) is 1. The van der Waals surface area contributed by atoms with Crippen molar-refractivity contribution in [2.75, 3.05) is 39.0 Å². The second kappa shape index (κ2) is 7.59. The highest BCUT2D eigenvalue weighted by atomic mass is 35.5. The zero-order chi connectivity index (χ0) is 13.9. The van der Waals surface area contributed by atoms with E-state index in [1.165, 1.54) is 4.31 Å². The third kappa shape index (κ3) is 4.31. The molecule has 0 saturated carbocycles. The first-order valence-corrected chi connectivity index (χ1v) is 8.57. The fourth-order valence-corrected chi connectivity index (χ4v) is 4.29. The van der Waals surface area contributed by atoms with Gasteiger partial charge in [0, 0.05) is 38.6 Å². The number of hydrogen-bond donors (Lipinski definition) is 1. The third-order valence-corrected chi connectivity index (χ3v) is 5.92. The van der Waals surface area contributed by atoms with Gasteiger partial charge in [-0.05, 0) is 26.3 Å². The molecule has 0 spiro atoms. The normalized spacial score (nSPS) is 26.2. The molecule has 0 radical (unpaired) electrons. The summed E-state index contributed by atoms with van der Waals surface area (Å²) in [6, 6.07) is 0.369. The lowest BCUT2D eigenvalue weighted by atomic mass is 10.1. The van der Waals surface area contributed by atoms with Gasteiger partial charge in [-0.15, -0.1) is 12.4 Å². The average molecular weight is 326 g/mol. The molecule has 0 aromatic rings. The molecule has 0 aromatic heterocycles. The maximum Gasteiger partial charge on any atom is 0.223 e. The van der Waals surface area contributed by atoms with E-state index < -0.39 is 10.0 Å². The first-order valence-electron chi connectivity index (χ1n) is 6.96. The standard InChI is InChI=1S/C12H23N3O3S.ClH/c1-13-11-4-2-6-14(10-11)12(16)5-8-15-7-3-9-19(15,17)18;/h11,13H,2-10H2,1H3;1H. The van der Waals surface area contributed by atoms with Crippen molar-refractivity contribution < 1.29 is 13.2 Å². The predicted molar refractivity (Wildman–Crippen MR) is 80.5 cm³/mol. The number of nitrogens with one attached hydrogen (secondary N) is 1. The van der Waals surface area contributed by atoms with Gasteiger partial charge in [0.05, 0.1) is 5.75 Å². The molecule has 2 fully saturated rings. The van der Waals surface area contributed by atoms with Gasteiger partial charge in [0.1, 0.15) is 0 Å². The Labute approximate surface area is 127 Å². The van der Waals surface area contributed by atoms with E-state index in [1.807, 2.05) is 11.9 Å². The highest BCUT2D eigenvalue weighted by Crippen LogP contribution is 2.15. The molecule has 20 heavy (non-hydrogen) atoms. The van der Waals surface area contributed by atoms with E-state index in [2.05, 4.69) is 5.32 Å². The average Bonchev–Trinajstić information content (AvgIpc) is 2.75. The van der Waals surface area contributed by atoms with Crippen molar-refractivity contribution in [2.24, 2.45) is 0 Å². The first kappa shape index (κ1) is 17.7. The number of carbonyl (C=O) groups is 1. The monoisotopic (exact) mass is 325 g/mol. The Balaban J connectivity index is 0.00000200. The lowest BCUT2D eigenvalue weighted by Crippen LogP contribution is -2.47. The van der Waals surface area contributed by atoms with Crippen LogP contribution < -0.4 is 5.32 Å². The smallest absolute Gasteiger partial charge is 0.223 e. The van der Waals surface area contributed by atoms with E-state index in [0.717, 1.165) is 25.9 Å². The molecule has 2 rings (SSSR count). The zero-order valence-electron chi connectivity index (χ0n) is 11.9. The number of nitrogens with zero attached hydrogens (tertiary/aromatic N) is 2. The van der Waals surface area contributed by atoms with Crippen LogP contribution in [0.3, 0.4) is 0 Å². The fraction of sp³-hybridized carbons (Fsp3) is 0.917. The second-order valence-corrected chi connectivity index (χ2v) is 7.37. The van der Waals surface area contributed by atoms with Crippen molar-refractivity contribution in [1.29, 1.82) is 0 Å². The summed E-state index contributed by atoms with van der Waals surface area (Å²) in [5.74, 6) is 0.300. The van der Waals surface area contributed by atoms with E-state index in [0.29, 0.717) is 32.0 Å². The van der Waals surface area contributed by atoms with Crippen LogP contribution in [0.5, 0.6) is 0 Å². The summed E-state index contributed by atoms with van der Waals surface area (Å²) in [4.78, 5) is 14.0. The molecule has 2 aliphatic rings. The molecule has 2 saturated heterocycles. The minimum Gasteiger partial charge on any atom is -0.341 e. The Bertz CT molecular complexity index is 430. The summed E-state index contributed by atoms with van der Waals surface area (Å²) < 4.78 is 24.7. The van der Waals surface area contributed by atoms with Gasteiger partial charge in [-0.25, -0.2) is 12.7 Å². The van der Waals surface area contributed by atoms with Gasteiger partial charge < -0.3 is 10.2 Å². The van der Waals surface area contributed by atoms with E-state index in [4.69, 9.17) is 0 Å². The summed E-state index contributed by atoms with van der Waals surface area (Å²) in [7, 11) is -1.17. The van der Waals surface area contributed by atoms with Crippen LogP contribution in [0.25, 0.3) is 0 Å². The lowest BCUT2D eigenvalue weighted by Gasteiger charge is -2.33. The van der Waals surface area contributed by atoms with Crippen LogP contribution in [0.4, 0.5) is 0 Å². The number of halogens is 1. The molecular formula is C12H24ClN3O3S. The van der Waals surface area contributed by atoms with E-state index in [9.17, 15) is 13.2 Å². The van der Waals surface area contributed by atoms with Gasteiger partial charge in [-0.2, -0.15) is 0 Å². The molecule has 118 valence electrons. The largest absolute Gasteiger partial charge is 0.341 e. The number of sulfonamides is 1. The van der Waals surface area contributed by atoms with Crippen molar-refractivity contribution in [3.63, 3.8) is 0 Å². The topological polar surface area (TPSA) is 69.7 Å². The van der Waals surface area contributed by atoms with Gasteiger partial charge in [-0.3, -0.25) is 4.79 Å². The molecule has 0 aliphatic carbocycles. The lowest BCUT2D eigenvalue weighted by molar-refractivity contribution is -0.132. The molecule has 1 N–H and O–H groups in total. The summed E-state index contributed by atoms with van der Waals surface area (Å²) >= 11 is 0. The summed E-state index contributed by atoms with van der Waals surface area (Å²) in [6.45, 7) is 2.43. The predicted octanol–water partition coefficient (Wildman–Crippen LogP) is 0.0442. The molecule has 1 unspecified atom stereocenters. The molecule has 2 aliphatic heterocycles. The Morgan fingerprint density at radius 1 is 1.30 bits per heavy atom. The number of piperidine rings is 1. The quantitative estimate of drug-likeness (QED) is 0.792. The summed E-state index contributed by atoms with van der Waals surface area (Å²) in [5, 5.41) is 3.20. The van der Waals surface area contributed by atoms with E-state index >= 15 is 0 Å². The van der Waals surface area contributed by atoms with Crippen molar-refractivity contribution in [1.82, 2.24) is 14.5 Å². The van der Waals surface area contributed by atoms with Gasteiger partial charge in [0.15, 0.2) is 0 Å². The number of carbonyl (C=O) groups excluding carboxylic acids is 1. The third-order valence-electron chi connectivity index (χ3n) is 3.96. The Hall–Kier alpha value is -0.370. The SMILES string of the molecule is CNC1CCCN(C(=O)CCN2CCCS2(=O)=O)C1.Cl. The van der Waals surface area contributed by atoms with Crippen LogP contribution in [-0.2, 0) is 14.8 Å². The minimum absolute atomic E-state index is 0. The van der Waals surface area contributed by atoms with Crippen LogP contribution in [0.2, 0.25) is 0 Å². The zero-order valence-corrected chi connectivity index (χ0v) is 13.5. The van der Waals surface area contributed by atoms with Gasteiger partial charge in [-0.1, -0.05) is 0 Å². The van der Waals surface area contributed by atoms with E-state index in [1.54, 1.807) is 0 Å². The van der Waals surface area contributed by atoms with Crippen LogP contribution >= 0.6 is 12.4 Å². The second-order valence-electron chi connectivity index (χ2n) is 5.29. The number of rotatable bonds is 4. The Kier molecular flexibility index (Phi) is 6.71. The van der Waals surface area contributed by atoms with Crippen LogP contribution in [0.15, 0.2) is 0 Å². The van der Waals surface area contributed by atoms with Crippen molar-refractivity contribution in [3.05, 3.63) is 0 Å². The van der Waals surface area contributed by atoms with Gasteiger partial charge in [0.2, 0.25) is 15.9 Å². The number of amides is 1. The molecule has 2 heterocycles. The van der Waals surface area contributed by atoms with Crippen molar-refractivity contribution in [2.45, 2.75) is 31.7 Å². The molecule has 6 nitrogen and oxygen atoms in total. The summed E-state index contributed by atoms with van der Waals surface area (Å²) in [6.07, 6.45) is 3.10. The highest BCUT2D eigenvalue weighted by molar-refractivity contribution is 7.89. The van der Waals surface area contributed by atoms with E-state index in [-0.39, 0.29) is 24.1 Å². The molecule has 0 aromatic carbocycles. The molecular weight excluding hydrogens is 302 g/mol. The van der Waals surface area contributed by atoms with Gasteiger partial charge >= 0.3 is 0 Å². The summed E-state index contributed by atoms with van der Waals surface area (Å²) in [5.41, 5.74) is 0. The fourth-order valence-electron chi connectivity index (χ4n) is 2.76. The first-order chi connectivity index (χ1) is 9.03. The molecule has 1 atom stereocenters. The molecule has 0 bridgehead atoms. The van der Waals surface area contributed by atoms with Crippen LogP contribution in [-0.4, -0.2) is 68.6 Å².